The largest absolute Gasteiger partial charge is 0.320 e. The molecule has 1 aromatic carbocycles. The highest BCUT2D eigenvalue weighted by atomic mass is 79.9. The van der Waals surface area contributed by atoms with E-state index in [2.05, 4.69) is 47.1 Å². The molecule has 0 saturated carbocycles. The number of hydrogen-bond acceptors (Lipinski definition) is 4. The van der Waals surface area contributed by atoms with Gasteiger partial charge in [0.1, 0.15) is 5.69 Å². The van der Waals surface area contributed by atoms with Crippen LogP contribution in [0.2, 0.25) is 0 Å². The summed E-state index contributed by atoms with van der Waals surface area (Å²) >= 11 is 8.19. The minimum absolute atomic E-state index is 0.274. The van der Waals surface area contributed by atoms with Gasteiger partial charge in [-0.3, -0.25) is 4.79 Å². The van der Waals surface area contributed by atoms with Gasteiger partial charge in [0.05, 0.1) is 10.2 Å². The number of anilines is 1. The van der Waals surface area contributed by atoms with E-state index in [0.29, 0.717) is 21.0 Å². The predicted octanol–water partition coefficient (Wildman–Crippen LogP) is 4.37. The molecule has 0 spiro atoms. The minimum atomic E-state index is -0.274. The van der Waals surface area contributed by atoms with Crippen LogP contribution in [0, 0.1) is 0 Å². The van der Waals surface area contributed by atoms with Crippen molar-refractivity contribution in [2.45, 2.75) is 12.1 Å². The van der Waals surface area contributed by atoms with Gasteiger partial charge < -0.3 is 5.32 Å². The molecule has 0 aliphatic rings. The molecule has 1 aromatic heterocycles. The van der Waals surface area contributed by atoms with Crippen LogP contribution in [-0.2, 0) is 0 Å². The number of rotatable bonds is 4. The van der Waals surface area contributed by atoms with Gasteiger partial charge in [0.25, 0.3) is 5.91 Å². The van der Waals surface area contributed by atoms with Gasteiger partial charge in [-0.15, -0.1) is 0 Å². The molecule has 0 bridgehead atoms. The standard InChI is InChI=1S/C13H11Br2N3OS/c1-2-20-13-16-7-9(15)11(18-13)12(19)17-10-6-4-3-5-8(10)14/h3-7H,2H2,1H3,(H,17,19). The van der Waals surface area contributed by atoms with E-state index in [4.69, 9.17) is 0 Å². The molecule has 0 atom stereocenters. The van der Waals surface area contributed by atoms with E-state index in [9.17, 15) is 4.79 Å². The summed E-state index contributed by atoms with van der Waals surface area (Å²) in [6.45, 7) is 2.01. The molecule has 0 radical (unpaired) electrons. The second kappa shape index (κ2) is 7.19. The van der Waals surface area contributed by atoms with Crippen molar-refractivity contribution in [1.82, 2.24) is 9.97 Å². The second-order valence-corrected chi connectivity index (χ2v) is 6.66. The number of carbonyl (C=O) groups excluding carboxylic acids is 1. The molecule has 1 N–H and O–H groups in total. The van der Waals surface area contributed by atoms with Gasteiger partial charge in [-0.1, -0.05) is 30.8 Å². The lowest BCUT2D eigenvalue weighted by Crippen LogP contribution is -2.15. The quantitative estimate of drug-likeness (QED) is 0.594. The molecule has 20 heavy (non-hydrogen) atoms. The van der Waals surface area contributed by atoms with Crippen LogP contribution >= 0.6 is 43.6 Å². The Bertz CT molecular complexity index is 637. The van der Waals surface area contributed by atoms with E-state index in [1.165, 1.54) is 11.8 Å². The number of thioether (sulfide) groups is 1. The first-order valence-electron chi connectivity index (χ1n) is 5.83. The lowest BCUT2D eigenvalue weighted by Gasteiger charge is -2.08. The average Bonchev–Trinajstić information content (AvgIpc) is 2.43. The van der Waals surface area contributed by atoms with Crippen LogP contribution in [0.4, 0.5) is 5.69 Å². The van der Waals surface area contributed by atoms with Crippen LogP contribution < -0.4 is 5.32 Å². The predicted molar refractivity (Wildman–Crippen MR) is 88.2 cm³/mol. The monoisotopic (exact) mass is 415 g/mol. The lowest BCUT2D eigenvalue weighted by molar-refractivity contribution is 0.102. The van der Waals surface area contributed by atoms with Crippen LogP contribution in [-0.4, -0.2) is 21.6 Å². The Labute approximate surface area is 138 Å². The number of nitrogens with zero attached hydrogens (tertiary/aromatic N) is 2. The number of benzene rings is 1. The van der Waals surface area contributed by atoms with Crippen molar-refractivity contribution in [2.75, 3.05) is 11.1 Å². The zero-order valence-electron chi connectivity index (χ0n) is 10.6. The molecule has 0 aliphatic heterocycles. The van der Waals surface area contributed by atoms with Crippen LogP contribution in [0.1, 0.15) is 17.4 Å². The maximum absolute atomic E-state index is 12.3. The van der Waals surface area contributed by atoms with Crippen molar-refractivity contribution < 1.29 is 4.79 Å². The number of carbonyl (C=O) groups is 1. The highest BCUT2D eigenvalue weighted by Crippen LogP contribution is 2.24. The Kier molecular flexibility index (Phi) is 5.56. The summed E-state index contributed by atoms with van der Waals surface area (Å²) < 4.78 is 1.39. The molecule has 2 aromatic rings. The van der Waals surface area contributed by atoms with Gasteiger partial charge in [-0.05, 0) is 49.7 Å². The van der Waals surface area contributed by atoms with Crippen molar-refractivity contribution >= 4 is 55.2 Å². The fourth-order valence-corrected chi connectivity index (χ4v) is 2.75. The fourth-order valence-electron chi connectivity index (χ4n) is 1.45. The number of hydrogen-bond donors (Lipinski definition) is 1. The molecule has 0 unspecified atom stereocenters. The summed E-state index contributed by atoms with van der Waals surface area (Å²) in [5.74, 6) is 0.580. The van der Waals surface area contributed by atoms with Crippen LogP contribution in [0.15, 0.2) is 44.6 Å². The fraction of sp³-hybridized carbons (Fsp3) is 0.154. The highest BCUT2D eigenvalue weighted by Gasteiger charge is 2.15. The lowest BCUT2D eigenvalue weighted by atomic mass is 10.3. The summed E-state index contributed by atoms with van der Waals surface area (Å²) in [7, 11) is 0. The average molecular weight is 417 g/mol. The molecule has 1 heterocycles. The van der Waals surface area contributed by atoms with E-state index in [-0.39, 0.29) is 5.91 Å². The molecule has 0 fully saturated rings. The first-order chi connectivity index (χ1) is 9.61. The van der Waals surface area contributed by atoms with Gasteiger partial charge in [0.2, 0.25) is 0 Å². The Morgan fingerprint density at radius 1 is 1.30 bits per heavy atom. The van der Waals surface area contributed by atoms with Gasteiger partial charge in [0.15, 0.2) is 5.16 Å². The summed E-state index contributed by atoms with van der Waals surface area (Å²) in [6.07, 6.45) is 1.60. The summed E-state index contributed by atoms with van der Waals surface area (Å²) in [5, 5.41) is 3.41. The topological polar surface area (TPSA) is 54.9 Å². The first-order valence-corrected chi connectivity index (χ1v) is 8.40. The number of para-hydroxylation sites is 1. The SMILES string of the molecule is CCSc1ncc(Br)c(C(=O)Nc2ccccc2Br)n1. The Balaban J connectivity index is 2.25. The van der Waals surface area contributed by atoms with Gasteiger partial charge in [-0.25, -0.2) is 9.97 Å². The Morgan fingerprint density at radius 2 is 2.05 bits per heavy atom. The molecular formula is C13H11Br2N3OS. The highest BCUT2D eigenvalue weighted by molar-refractivity contribution is 9.11. The van der Waals surface area contributed by atoms with Gasteiger partial charge in [0, 0.05) is 10.7 Å². The van der Waals surface area contributed by atoms with Crippen molar-refractivity contribution in [3.05, 3.63) is 45.1 Å². The number of amides is 1. The maximum Gasteiger partial charge on any atom is 0.275 e. The third-order valence-electron chi connectivity index (χ3n) is 2.33. The molecule has 7 heteroatoms. The Morgan fingerprint density at radius 3 is 2.75 bits per heavy atom. The molecule has 104 valence electrons. The van der Waals surface area contributed by atoms with Crippen molar-refractivity contribution in [2.24, 2.45) is 0 Å². The Hall–Kier alpha value is -0.920. The van der Waals surface area contributed by atoms with E-state index in [0.717, 1.165) is 10.2 Å². The maximum atomic E-state index is 12.3. The zero-order valence-corrected chi connectivity index (χ0v) is 14.5. The van der Waals surface area contributed by atoms with E-state index in [1.807, 2.05) is 31.2 Å². The molecule has 4 nitrogen and oxygen atoms in total. The van der Waals surface area contributed by atoms with E-state index < -0.39 is 0 Å². The minimum Gasteiger partial charge on any atom is -0.320 e. The zero-order chi connectivity index (χ0) is 14.5. The third-order valence-corrected chi connectivity index (χ3v) is 4.35. The van der Waals surface area contributed by atoms with Gasteiger partial charge in [-0.2, -0.15) is 0 Å². The molecule has 0 aliphatic carbocycles. The molecule has 0 saturated heterocycles. The number of nitrogens with one attached hydrogen (secondary N) is 1. The van der Waals surface area contributed by atoms with Crippen LogP contribution in [0.3, 0.4) is 0 Å². The van der Waals surface area contributed by atoms with Crippen molar-refractivity contribution in [1.29, 1.82) is 0 Å². The van der Waals surface area contributed by atoms with E-state index >= 15 is 0 Å². The summed E-state index contributed by atoms with van der Waals surface area (Å²) in [5.41, 5.74) is 1.03. The normalized spacial score (nSPS) is 10.3. The third kappa shape index (κ3) is 3.80. The smallest absolute Gasteiger partial charge is 0.275 e. The van der Waals surface area contributed by atoms with Crippen LogP contribution in [0.25, 0.3) is 0 Å². The molecular weight excluding hydrogens is 406 g/mol. The summed E-state index contributed by atoms with van der Waals surface area (Å²) in [4.78, 5) is 20.7. The molecule has 2 rings (SSSR count). The van der Waals surface area contributed by atoms with E-state index in [1.54, 1.807) is 6.20 Å². The van der Waals surface area contributed by atoms with Gasteiger partial charge >= 0.3 is 0 Å². The first kappa shape index (κ1) is 15.5. The number of halogens is 2. The summed E-state index contributed by atoms with van der Waals surface area (Å²) in [6, 6.07) is 7.42. The van der Waals surface area contributed by atoms with Crippen molar-refractivity contribution in [3.63, 3.8) is 0 Å². The van der Waals surface area contributed by atoms with Crippen LogP contribution in [0.5, 0.6) is 0 Å². The second-order valence-electron chi connectivity index (χ2n) is 3.72. The molecule has 1 amide bonds. The van der Waals surface area contributed by atoms with Crippen molar-refractivity contribution in [3.8, 4) is 0 Å². The number of aromatic nitrogens is 2.